The standard InChI is InChI=1S/C18H28N2O/c1-18(2)14-20(10-8-15-9-11-21-13-15)17(12-19-18)16-6-4-3-5-7-16/h3-7,15,17,19H,8-14H2,1-2H3. The third-order valence-electron chi connectivity index (χ3n) is 4.85. The van der Waals surface area contributed by atoms with Gasteiger partial charge in [0.1, 0.15) is 0 Å². The van der Waals surface area contributed by atoms with Crippen LogP contribution in [0.4, 0.5) is 0 Å². The van der Waals surface area contributed by atoms with Gasteiger partial charge in [-0.2, -0.15) is 0 Å². The highest BCUT2D eigenvalue weighted by atomic mass is 16.5. The molecule has 116 valence electrons. The predicted octanol–water partition coefficient (Wildman–Crippen LogP) is 2.84. The van der Waals surface area contributed by atoms with Crippen molar-refractivity contribution in [2.24, 2.45) is 5.92 Å². The first-order chi connectivity index (χ1) is 10.1. The van der Waals surface area contributed by atoms with Crippen molar-refractivity contribution in [1.29, 1.82) is 0 Å². The van der Waals surface area contributed by atoms with Gasteiger partial charge in [0.25, 0.3) is 0 Å². The van der Waals surface area contributed by atoms with Crippen LogP contribution in [-0.4, -0.2) is 43.3 Å². The zero-order valence-electron chi connectivity index (χ0n) is 13.3. The third kappa shape index (κ3) is 3.85. The SMILES string of the molecule is CC1(C)CN(CCC2CCOC2)C(c2ccccc2)CN1. The van der Waals surface area contributed by atoms with Crippen molar-refractivity contribution in [3.63, 3.8) is 0 Å². The number of hydrogen-bond acceptors (Lipinski definition) is 3. The first kappa shape index (κ1) is 15.0. The Bertz CT molecular complexity index is 440. The molecule has 1 aromatic rings. The molecule has 2 atom stereocenters. The summed E-state index contributed by atoms with van der Waals surface area (Å²) in [5.74, 6) is 0.763. The molecule has 2 unspecified atom stereocenters. The molecule has 0 amide bonds. The van der Waals surface area contributed by atoms with E-state index in [-0.39, 0.29) is 5.54 Å². The van der Waals surface area contributed by atoms with Crippen molar-refractivity contribution in [3.8, 4) is 0 Å². The summed E-state index contributed by atoms with van der Waals surface area (Å²) >= 11 is 0. The van der Waals surface area contributed by atoms with Gasteiger partial charge in [0, 0.05) is 37.9 Å². The Morgan fingerprint density at radius 2 is 2.10 bits per heavy atom. The van der Waals surface area contributed by atoms with Gasteiger partial charge in [-0.05, 0) is 44.7 Å². The summed E-state index contributed by atoms with van der Waals surface area (Å²) in [4.78, 5) is 2.67. The van der Waals surface area contributed by atoms with Crippen LogP contribution in [-0.2, 0) is 4.74 Å². The van der Waals surface area contributed by atoms with E-state index in [9.17, 15) is 0 Å². The second-order valence-electron chi connectivity index (χ2n) is 7.18. The van der Waals surface area contributed by atoms with Gasteiger partial charge in [0.05, 0.1) is 0 Å². The molecule has 0 aliphatic carbocycles. The van der Waals surface area contributed by atoms with Crippen LogP contribution in [0.15, 0.2) is 30.3 Å². The molecule has 0 saturated carbocycles. The van der Waals surface area contributed by atoms with Crippen LogP contribution in [0.1, 0.15) is 38.3 Å². The number of rotatable bonds is 4. The van der Waals surface area contributed by atoms with Gasteiger partial charge in [-0.25, -0.2) is 0 Å². The second kappa shape index (κ2) is 6.47. The summed E-state index contributed by atoms with van der Waals surface area (Å²) < 4.78 is 5.52. The Morgan fingerprint density at radius 1 is 1.29 bits per heavy atom. The van der Waals surface area contributed by atoms with Gasteiger partial charge in [-0.3, -0.25) is 4.90 Å². The largest absolute Gasteiger partial charge is 0.381 e. The monoisotopic (exact) mass is 288 g/mol. The molecule has 1 N–H and O–H groups in total. The molecule has 3 heteroatoms. The van der Waals surface area contributed by atoms with Crippen molar-refractivity contribution < 1.29 is 4.74 Å². The van der Waals surface area contributed by atoms with Crippen LogP contribution in [0.2, 0.25) is 0 Å². The van der Waals surface area contributed by atoms with Gasteiger partial charge in [0.15, 0.2) is 0 Å². The first-order valence-electron chi connectivity index (χ1n) is 8.26. The van der Waals surface area contributed by atoms with E-state index in [1.807, 2.05) is 0 Å². The topological polar surface area (TPSA) is 24.5 Å². The summed E-state index contributed by atoms with van der Waals surface area (Å²) in [6.07, 6.45) is 2.50. The maximum absolute atomic E-state index is 5.52. The van der Waals surface area contributed by atoms with E-state index in [1.165, 1.54) is 24.9 Å². The molecule has 2 fully saturated rings. The lowest BCUT2D eigenvalue weighted by Crippen LogP contribution is -2.58. The zero-order valence-corrected chi connectivity index (χ0v) is 13.3. The molecule has 2 heterocycles. The van der Waals surface area contributed by atoms with Crippen molar-refractivity contribution in [3.05, 3.63) is 35.9 Å². The van der Waals surface area contributed by atoms with Crippen LogP contribution in [0.5, 0.6) is 0 Å². The normalized spacial score (nSPS) is 29.6. The summed E-state index contributed by atoms with van der Waals surface area (Å²) in [5.41, 5.74) is 1.64. The molecule has 3 rings (SSSR count). The second-order valence-corrected chi connectivity index (χ2v) is 7.18. The van der Waals surface area contributed by atoms with Crippen LogP contribution >= 0.6 is 0 Å². The highest BCUT2D eigenvalue weighted by Crippen LogP contribution is 2.28. The summed E-state index contributed by atoms with van der Waals surface area (Å²) in [6.45, 7) is 9.86. The average Bonchev–Trinajstić information content (AvgIpc) is 2.98. The Hall–Kier alpha value is -0.900. The number of benzene rings is 1. The Labute approximate surface area is 128 Å². The molecule has 2 aliphatic rings. The molecular weight excluding hydrogens is 260 g/mol. The number of hydrogen-bond donors (Lipinski definition) is 1. The third-order valence-corrected chi connectivity index (χ3v) is 4.85. The van der Waals surface area contributed by atoms with E-state index in [2.05, 4.69) is 54.4 Å². The van der Waals surface area contributed by atoms with Crippen molar-refractivity contribution >= 4 is 0 Å². The fraction of sp³-hybridized carbons (Fsp3) is 0.667. The average molecular weight is 288 g/mol. The molecule has 0 spiro atoms. The highest BCUT2D eigenvalue weighted by molar-refractivity contribution is 5.20. The lowest BCUT2D eigenvalue weighted by atomic mass is 9.93. The number of ether oxygens (including phenoxy) is 1. The summed E-state index contributed by atoms with van der Waals surface area (Å²) in [7, 11) is 0. The fourth-order valence-electron chi connectivity index (χ4n) is 3.57. The van der Waals surface area contributed by atoms with E-state index >= 15 is 0 Å². The summed E-state index contributed by atoms with van der Waals surface area (Å²) in [5, 5.41) is 3.70. The lowest BCUT2D eigenvalue weighted by molar-refractivity contribution is 0.0871. The molecule has 21 heavy (non-hydrogen) atoms. The molecule has 0 bridgehead atoms. The molecule has 0 aromatic heterocycles. The van der Waals surface area contributed by atoms with E-state index < -0.39 is 0 Å². The van der Waals surface area contributed by atoms with E-state index in [0.717, 1.165) is 32.2 Å². The van der Waals surface area contributed by atoms with Crippen LogP contribution in [0.25, 0.3) is 0 Å². The van der Waals surface area contributed by atoms with Crippen molar-refractivity contribution in [1.82, 2.24) is 10.2 Å². The first-order valence-corrected chi connectivity index (χ1v) is 8.26. The molecule has 2 aliphatic heterocycles. The van der Waals surface area contributed by atoms with Gasteiger partial charge >= 0.3 is 0 Å². The van der Waals surface area contributed by atoms with Gasteiger partial charge < -0.3 is 10.1 Å². The predicted molar refractivity (Wildman–Crippen MR) is 86.4 cm³/mol. The number of piperazine rings is 1. The zero-order chi connectivity index (χ0) is 14.7. The lowest BCUT2D eigenvalue weighted by Gasteiger charge is -2.45. The fourth-order valence-corrected chi connectivity index (χ4v) is 3.57. The Kier molecular flexibility index (Phi) is 4.63. The van der Waals surface area contributed by atoms with Crippen molar-refractivity contribution in [2.45, 2.75) is 38.3 Å². The molecule has 2 saturated heterocycles. The molecule has 3 nitrogen and oxygen atoms in total. The minimum absolute atomic E-state index is 0.206. The summed E-state index contributed by atoms with van der Waals surface area (Å²) in [6, 6.07) is 11.4. The van der Waals surface area contributed by atoms with E-state index in [4.69, 9.17) is 4.74 Å². The Balaban J connectivity index is 1.67. The molecule has 0 radical (unpaired) electrons. The van der Waals surface area contributed by atoms with Gasteiger partial charge in [0.2, 0.25) is 0 Å². The minimum Gasteiger partial charge on any atom is -0.381 e. The van der Waals surface area contributed by atoms with Crippen LogP contribution < -0.4 is 5.32 Å². The number of nitrogens with one attached hydrogen (secondary N) is 1. The van der Waals surface area contributed by atoms with E-state index in [1.54, 1.807) is 0 Å². The smallest absolute Gasteiger partial charge is 0.0495 e. The van der Waals surface area contributed by atoms with Crippen molar-refractivity contribution in [2.75, 3.05) is 32.8 Å². The van der Waals surface area contributed by atoms with Crippen LogP contribution in [0, 0.1) is 5.92 Å². The van der Waals surface area contributed by atoms with Crippen LogP contribution in [0.3, 0.4) is 0 Å². The molecular formula is C18H28N2O. The highest BCUT2D eigenvalue weighted by Gasteiger charge is 2.33. The minimum atomic E-state index is 0.206. The number of nitrogens with zero attached hydrogens (tertiary/aromatic N) is 1. The maximum Gasteiger partial charge on any atom is 0.0495 e. The van der Waals surface area contributed by atoms with Gasteiger partial charge in [-0.1, -0.05) is 30.3 Å². The quantitative estimate of drug-likeness (QED) is 0.922. The Morgan fingerprint density at radius 3 is 2.81 bits per heavy atom. The molecule has 1 aromatic carbocycles. The maximum atomic E-state index is 5.52. The van der Waals surface area contributed by atoms with E-state index in [0.29, 0.717) is 6.04 Å². The van der Waals surface area contributed by atoms with Gasteiger partial charge in [-0.15, -0.1) is 0 Å².